The van der Waals surface area contributed by atoms with E-state index in [1.165, 1.54) is 4.52 Å². The SMILES string of the molecule is CN1CC[C@H](Nc2cccc3c(SC(F)(F)F)c(C#CCNc4ccc(P(C)(C)=O)cc4)nn23)[C@H](F)C1.O=C(O)C(F)(F)F. The quantitative estimate of drug-likeness (QED) is 0.133. The molecule has 1 aromatic carbocycles. The Morgan fingerprint density at radius 3 is 2.32 bits per heavy atom. The molecule has 1 aliphatic rings. The number of rotatable bonds is 6. The molecular weight excluding hydrogens is 638 g/mol. The molecule has 0 radical (unpaired) electrons. The largest absolute Gasteiger partial charge is 0.490 e. The average Bonchev–Trinajstić information content (AvgIpc) is 3.24. The number of alkyl halides is 7. The molecule has 3 aromatic rings. The number of anilines is 2. The van der Waals surface area contributed by atoms with Crippen LogP contribution in [0, 0.1) is 11.8 Å². The van der Waals surface area contributed by atoms with Gasteiger partial charge in [0.15, 0.2) is 0 Å². The number of likely N-dealkylation sites (tertiary alicyclic amines) is 1. The molecule has 4 rings (SSSR count). The molecule has 3 heterocycles. The van der Waals surface area contributed by atoms with E-state index < -0.39 is 37.0 Å². The molecule has 0 spiro atoms. The number of carboxylic acids is 1. The number of nitrogens with one attached hydrogen (secondary N) is 2. The van der Waals surface area contributed by atoms with Gasteiger partial charge in [0.05, 0.1) is 23.0 Å². The number of aromatic nitrogens is 2. The van der Waals surface area contributed by atoms with Gasteiger partial charge in [0.2, 0.25) is 0 Å². The first kappa shape index (κ1) is 35.1. The Hall–Kier alpha value is -3.41. The smallest absolute Gasteiger partial charge is 0.475 e. The standard InChI is InChI=1S/C25H28F4N5OPS.C2HF3O2/c1-33-15-13-20(19(26)16-33)31-23-8-4-7-22-24(37-25(27,28)29)21(32-34(22)23)6-5-14-30-17-9-11-18(12-10-17)36(2,3)35;3-2(4,5)1(6)7/h4,7-12,19-20,30-31H,13-16H2,1-3H3;(H,6,7)/t19-,20+;/m1./s1. The van der Waals surface area contributed by atoms with E-state index in [-0.39, 0.29) is 41.0 Å². The molecule has 0 aliphatic carbocycles. The normalized spacial score (nSPS) is 17.7. The van der Waals surface area contributed by atoms with Gasteiger partial charge in [0.25, 0.3) is 0 Å². The number of thioether (sulfide) groups is 1. The van der Waals surface area contributed by atoms with E-state index in [0.29, 0.717) is 18.8 Å². The molecule has 1 fully saturated rings. The number of nitrogens with zero attached hydrogens (tertiary/aromatic N) is 3. The zero-order chi connectivity index (χ0) is 32.9. The number of pyridine rings is 1. The minimum absolute atomic E-state index is 0.00759. The Kier molecular flexibility index (Phi) is 11.3. The van der Waals surface area contributed by atoms with Crippen molar-refractivity contribution in [2.24, 2.45) is 0 Å². The molecule has 240 valence electrons. The summed E-state index contributed by atoms with van der Waals surface area (Å²) in [4.78, 5) is 10.7. The van der Waals surface area contributed by atoms with Crippen molar-refractivity contribution < 1.29 is 45.2 Å². The molecule has 3 N–H and O–H groups in total. The molecule has 0 unspecified atom stereocenters. The fourth-order valence-corrected chi connectivity index (χ4v) is 5.62. The highest BCUT2D eigenvalue weighted by molar-refractivity contribution is 8.00. The molecule has 2 aromatic heterocycles. The summed E-state index contributed by atoms with van der Waals surface area (Å²) in [5, 5.41) is 18.4. The highest BCUT2D eigenvalue weighted by atomic mass is 32.2. The lowest BCUT2D eigenvalue weighted by atomic mass is 10.0. The summed E-state index contributed by atoms with van der Waals surface area (Å²) >= 11 is -0.264. The molecule has 0 bridgehead atoms. The molecule has 1 saturated heterocycles. The van der Waals surface area contributed by atoms with Crippen LogP contribution in [0.1, 0.15) is 12.1 Å². The predicted molar refractivity (Wildman–Crippen MR) is 156 cm³/mol. The number of carboxylic acid groups (broad SMARTS) is 1. The summed E-state index contributed by atoms with van der Waals surface area (Å²) in [6, 6.07) is 11.5. The van der Waals surface area contributed by atoms with Crippen LogP contribution in [0.4, 0.5) is 42.2 Å². The van der Waals surface area contributed by atoms with Crippen LogP contribution >= 0.6 is 18.9 Å². The van der Waals surface area contributed by atoms with Crippen LogP contribution in [0.2, 0.25) is 0 Å². The van der Waals surface area contributed by atoms with Gasteiger partial charge >= 0.3 is 17.7 Å². The highest BCUT2D eigenvalue weighted by Gasteiger charge is 2.38. The zero-order valence-electron chi connectivity index (χ0n) is 23.6. The third-order valence-corrected chi connectivity index (χ3v) is 8.61. The topological polar surface area (TPSA) is 99.0 Å². The Labute approximate surface area is 252 Å². The van der Waals surface area contributed by atoms with Crippen molar-refractivity contribution in [1.82, 2.24) is 14.5 Å². The summed E-state index contributed by atoms with van der Waals surface area (Å²) in [6.45, 7) is 4.55. The lowest BCUT2D eigenvalue weighted by Gasteiger charge is -2.33. The van der Waals surface area contributed by atoms with Gasteiger partial charge in [-0.15, -0.1) is 0 Å². The number of benzene rings is 1. The average molecular weight is 668 g/mol. The van der Waals surface area contributed by atoms with E-state index in [0.717, 1.165) is 11.0 Å². The van der Waals surface area contributed by atoms with Crippen molar-refractivity contribution in [1.29, 1.82) is 0 Å². The molecule has 0 amide bonds. The van der Waals surface area contributed by atoms with Crippen molar-refractivity contribution >= 4 is 47.2 Å². The molecule has 1 aliphatic heterocycles. The second-order valence-corrected chi connectivity index (χ2v) is 14.4. The first-order valence-corrected chi connectivity index (χ1v) is 16.3. The van der Waals surface area contributed by atoms with E-state index in [4.69, 9.17) is 9.90 Å². The molecule has 17 heteroatoms. The number of halogens is 7. The minimum atomic E-state index is -5.08. The molecule has 44 heavy (non-hydrogen) atoms. The van der Waals surface area contributed by atoms with Crippen molar-refractivity contribution in [2.75, 3.05) is 50.6 Å². The number of fused-ring (bicyclic) bond motifs is 1. The summed E-state index contributed by atoms with van der Waals surface area (Å²) in [7, 11) is -0.510. The first-order chi connectivity index (χ1) is 20.3. The van der Waals surface area contributed by atoms with Crippen molar-refractivity contribution in [3.05, 3.63) is 48.2 Å². The van der Waals surface area contributed by atoms with E-state index in [9.17, 15) is 35.3 Å². The van der Waals surface area contributed by atoms with Crippen LogP contribution in [0.3, 0.4) is 0 Å². The molecular formula is C27H29F7N5O3PS. The van der Waals surface area contributed by atoms with Crippen LogP contribution in [0.15, 0.2) is 47.4 Å². The van der Waals surface area contributed by atoms with Crippen molar-refractivity contribution in [3.8, 4) is 11.8 Å². The lowest BCUT2D eigenvalue weighted by molar-refractivity contribution is -0.192. The van der Waals surface area contributed by atoms with Gasteiger partial charge in [-0.1, -0.05) is 12.0 Å². The predicted octanol–water partition coefficient (Wildman–Crippen LogP) is 5.75. The maximum absolute atomic E-state index is 14.6. The third kappa shape index (κ3) is 10.1. The van der Waals surface area contributed by atoms with Crippen LogP contribution in [-0.2, 0) is 9.36 Å². The van der Waals surface area contributed by atoms with Gasteiger partial charge < -0.3 is 25.2 Å². The second kappa shape index (κ2) is 14.1. The molecule has 2 atom stereocenters. The summed E-state index contributed by atoms with van der Waals surface area (Å²) in [5.74, 6) is 3.25. The Bertz CT molecular complexity index is 1560. The van der Waals surface area contributed by atoms with Crippen LogP contribution in [0.5, 0.6) is 0 Å². The lowest BCUT2D eigenvalue weighted by Crippen LogP contribution is -2.46. The fourth-order valence-electron chi connectivity index (χ4n) is 4.08. The fraction of sp³-hybridized carbons (Fsp3) is 0.407. The van der Waals surface area contributed by atoms with Crippen LogP contribution in [0.25, 0.3) is 5.52 Å². The van der Waals surface area contributed by atoms with Crippen molar-refractivity contribution in [3.63, 3.8) is 0 Å². The monoisotopic (exact) mass is 667 g/mol. The maximum atomic E-state index is 14.6. The Balaban J connectivity index is 0.000000676. The first-order valence-electron chi connectivity index (χ1n) is 12.9. The van der Waals surface area contributed by atoms with E-state index in [1.54, 1.807) is 55.8 Å². The Morgan fingerprint density at radius 1 is 1.14 bits per heavy atom. The van der Waals surface area contributed by atoms with Gasteiger partial charge in [0.1, 0.15) is 24.8 Å². The van der Waals surface area contributed by atoms with E-state index in [2.05, 4.69) is 27.6 Å². The summed E-state index contributed by atoms with van der Waals surface area (Å²) in [6.07, 6.45) is -5.64. The second-order valence-electron chi connectivity index (χ2n) is 10.1. The highest BCUT2D eigenvalue weighted by Crippen LogP contribution is 2.41. The van der Waals surface area contributed by atoms with Gasteiger partial charge in [-0.2, -0.15) is 31.4 Å². The number of piperidine rings is 1. The molecule has 0 saturated carbocycles. The zero-order valence-corrected chi connectivity index (χ0v) is 25.3. The number of hydrogen-bond donors (Lipinski definition) is 3. The van der Waals surface area contributed by atoms with E-state index in [1.807, 2.05) is 11.9 Å². The van der Waals surface area contributed by atoms with Crippen molar-refractivity contribution in [2.45, 2.75) is 35.2 Å². The number of hydrogen-bond acceptors (Lipinski definition) is 7. The molecule has 8 nitrogen and oxygen atoms in total. The minimum Gasteiger partial charge on any atom is -0.475 e. The van der Waals surface area contributed by atoms with Gasteiger partial charge in [0, 0.05) is 24.1 Å². The van der Waals surface area contributed by atoms with Crippen LogP contribution in [-0.4, -0.2) is 89.5 Å². The van der Waals surface area contributed by atoms with Gasteiger partial charge in [-0.25, -0.2) is 13.7 Å². The summed E-state index contributed by atoms with van der Waals surface area (Å²) in [5.41, 5.74) is -3.55. The number of aliphatic carboxylic acids is 1. The maximum Gasteiger partial charge on any atom is 0.490 e. The number of carbonyl (C=O) groups is 1. The van der Waals surface area contributed by atoms with Gasteiger partial charge in [-0.3, -0.25) is 0 Å². The summed E-state index contributed by atoms with van der Waals surface area (Å²) < 4.78 is 100. The Morgan fingerprint density at radius 2 is 1.77 bits per heavy atom. The van der Waals surface area contributed by atoms with Gasteiger partial charge in [-0.05, 0) is 80.9 Å². The van der Waals surface area contributed by atoms with Crippen LogP contribution < -0.4 is 15.9 Å². The van der Waals surface area contributed by atoms with E-state index >= 15 is 0 Å². The third-order valence-electron chi connectivity index (χ3n) is 6.23.